The van der Waals surface area contributed by atoms with E-state index < -0.39 is 5.82 Å². The molecule has 0 saturated carbocycles. The van der Waals surface area contributed by atoms with Crippen molar-refractivity contribution >= 4 is 21.8 Å². The molecule has 0 aliphatic rings. The van der Waals surface area contributed by atoms with Crippen molar-refractivity contribution in [3.05, 3.63) is 58.3 Å². The lowest BCUT2D eigenvalue weighted by Gasteiger charge is -2.10. The quantitative estimate of drug-likeness (QED) is 0.393. The minimum atomic E-state index is -0.510. The molecule has 0 amide bonds. The molecule has 0 saturated heterocycles. The Kier molecular flexibility index (Phi) is 4.01. The largest absolute Gasteiger partial charge is 0.454 e. The van der Waals surface area contributed by atoms with Gasteiger partial charge in [-0.3, -0.25) is 0 Å². The Morgan fingerprint density at radius 1 is 1.21 bits per heavy atom. The van der Waals surface area contributed by atoms with E-state index in [1.54, 1.807) is 30.3 Å². The van der Waals surface area contributed by atoms with Crippen molar-refractivity contribution in [3.8, 4) is 11.5 Å². The molecule has 2 rings (SSSR count). The molecule has 0 atom stereocenters. The molecule has 6 heteroatoms. The molecule has 98 valence electrons. The highest BCUT2D eigenvalue weighted by Gasteiger charge is 2.11. The number of nitrogens with two attached hydrogens (primary N) is 1. The van der Waals surface area contributed by atoms with Gasteiger partial charge in [0.05, 0.1) is 5.56 Å². The van der Waals surface area contributed by atoms with Crippen LogP contribution in [0, 0.1) is 5.82 Å². The number of halogens is 2. The van der Waals surface area contributed by atoms with E-state index in [-0.39, 0.29) is 11.6 Å². The SMILES string of the molecule is N/C(=N\O)c1ccccc1Oc1ccc(Br)cc1F. The first-order valence-electron chi connectivity index (χ1n) is 5.31. The van der Waals surface area contributed by atoms with Crippen LogP contribution in [0.3, 0.4) is 0 Å². The number of amidine groups is 1. The van der Waals surface area contributed by atoms with Crippen molar-refractivity contribution in [2.24, 2.45) is 10.9 Å². The first-order valence-corrected chi connectivity index (χ1v) is 6.11. The van der Waals surface area contributed by atoms with Crippen molar-refractivity contribution in [3.63, 3.8) is 0 Å². The average molecular weight is 325 g/mol. The first-order chi connectivity index (χ1) is 9.11. The second kappa shape index (κ2) is 5.71. The lowest BCUT2D eigenvalue weighted by atomic mass is 10.2. The van der Waals surface area contributed by atoms with Crippen LogP contribution in [0.4, 0.5) is 4.39 Å². The van der Waals surface area contributed by atoms with Gasteiger partial charge in [-0.2, -0.15) is 0 Å². The molecule has 0 heterocycles. The monoisotopic (exact) mass is 324 g/mol. The summed E-state index contributed by atoms with van der Waals surface area (Å²) in [7, 11) is 0. The normalized spacial score (nSPS) is 11.4. The Balaban J connectivity index is 2.38. The third kappa shape index (κ3) is 3.03. The number of ether oxygens (including phenoxy) is 1. The van der Waals surface area contributed by atoms with Gasteiger partial charge in [0.2, 0.25) is 0 Å². The van der Waals surface area contributed by atoms with E-state index in [4.69, 9.17) is 15.7 Å². The summed E-state index contributed by atoms with van der Waals surface area (Å²) < 4.78 is 19.7. The zero-order chi connectivity index (χ0) is 13.8. The highest BCUT2D eigenvalue weighted by Crippen LogP contribution is 2.28. The minimum absolute atomic E-state index is 0.0568. The standard InChI is InChI=1S/C13H10BrFN2O2/c14-8-5-6-12(10(15)7-8)19-11-4-2-1-3-9(11)13(16)17-18/h1-7,18H,(H2,16,17). The van der Waals surface area contributed by atoms with E-state index in [2.05, 4.69) is 21.1 Å². The third-order valence-electron chi connectivity index (χ3n) is 2.38. The van der Waals surface area contributed by atoms with E-state index in [9.17, 15) is 4.39 Å². The molecule has 4 nitrogen and oxygen atoms in total. The summed E-state index contributed by atoms with van der Waals surface area (Å²) in [5.74, 6) is -0.253. The Hall–Kier alpha value is -2.08. The van der Waals surface area contributed by atoms with Crippen LogP contribution in [-0.4, -0.2) is 11.0 Å². The lowest BCUT2D eigenvalue weighted by molar-refractivity contribution is 0.318. The number of benzene rings is 2. The summed E-state index contributed by atoms with van der Waals surface area (Å²) in [6.07, 6.45) is 0. The third-order valence-corrected chi connectivity index (χ3v) is 2.88. The fraction of sp³-hybridized carbons (Fsp3) is 0. The number of nitrogens with zero attached hydrogens (tertiary/aromatic N) is 1. The Bertz CT molecular complexity index is 632. The summed E-state index contributed by atoms with van der Waals surface area (Å²) in [4.78, 5) is 0. The highest BCUT2D eigenvalue weighted by atomic mass is 79.9. The molecule has 0 aliphatic carbocycles. The molecule has 0 unspecified atom stereocenters. The van der Waals surface area contributed by atoms with Gasteiger partial charge in [-0.05, 0) is 30.3 Å². The van der Waals surface area contributed by atoms with E-state index in [1.807, 2.05) is 0 Å². The van der Waals surface area contributed by atoms with E-state index in [1.165, 1.54) is 12.1 Å². The summed E-state index contributed by atoms with van der Waals surface area (Å²) in [6, 6.07) is 11.1. The molecule has 0 fully saturated rings. The zero-order valence-electron chi connectivity index (χ0n) is 9.68. The molecular weight excluding hydrogens is 315 g/mol. The van der Waals surface area contributed by atoms with E-state index in [0.717, 1.165) is 0 Å². The fourth-order valence-corrected chi connectivity index (χ4v) is 1.83. The summed E-state index contributed by atoms with van der Waals surface area (Å²) >= 11 is 3.16. The highest BCUT2D eigenvalue weighted by molar-refractivity contribution is 9.10. The van der Waals surface area contributed by atoms with Gasteiger partial charge in [0, 0.05) is 4.47 Å². The lowest BCUT2D eigenvalue weighted by Crippen LogP contribution is -2.14. The van der Waals surface area contributed by atoms with Crippen LogP contribution in [0.15, 0.2) is 52.1 Å². The van der Waals surface area contributed by atoms with Gasteiger partial charge >= 0.3 is 0 Å². The molecule has 0 bridgehead atoms. The van der Waals surface area contributed by atoms with Crippen molar-refractivity contribution < 1.29 is 14.3 Å². The molecule has 2 aromatic rings. The number of hydrogen-bond donors (Lipinski definition) is 2. The molecule has 2 aromatic carbocycles. The van der Waals surface area contributed by atoms with Crippen LogP contribution >= 0.6 is 15.9 Å². The maximum atomic E-state index is 13.7. The Morgan fingerprint density at radius 2 is 1.95 bits per heavy atom. The van der Waals surface area contributed by atoms with Gasteiger partial charge in [-0.25, -0.2) is 4.39 Å². The Morgan fingerprint density at radius 3 is 2.63 bits per heavy atom. The second-order valence-corrected chi connectivity index (χ2v) is 4.57. The molecule has 19 heavy (non-hydrogen) atoms. The van der Waals surface area contributed by atoms with Gasteiger partial charge in [0.25, 0.3) is 0 Å². The van der Waals surface area contributed by atoms with Crippen molar-refractivity contribution in [1.29, 1.82) is 0 Å². The Labute approximate surface area is 117 Å². The van der Waals surface area contributed by atoms with Gasteiger partial charge in [0.15, 0.2) is 17.4 Å². The van der Waals surface area contributed by atoms with Crippen LogP contribution in [0.1, 0.15) is 5.56 Å². The first kappa shape index (κ1) is 13.4. The number of hydrogen-bond acceptors (Lipinski definition) is 3. The van der Waals surface area contributed by atoms with Crippen LogP contribution < -0.4 is 10.5 Å². The number of rotatable bonds is 3. The minimum Gasteiger partial charge on any atom is -0.454 e. The van der Waals surface area contributed by atoms with Crippen LogP contribution in [-0.2, 0) is 0 Å². The van der Waals surface area contributed by atoms with Crippen LogP contribution in [0.2, 0.25) is 0 Å². The molecule has 0 radical (unpaired) electrons. The molecule has 0 aromatic heterocycles. The van der Waals surface area contributed by atoms with E-state index in [0.29, 0.717) is 15.8 Å². The number of oxime groups is 1. The zero-order valence-corrected chi connectivity index (χ0v) is 11.3. The van der Waals surface area contributed by atoms with Gasteiger partial charge in [0.1, 0.15) is 5.75 Å². The van der Waals surface area contributed by atoms with Crippen LogP contribution in [0.5, 0.6) is 11.5 Å². The summed E-state index contributed by atoms with van der Waals surface area (Å²) in [5, 5.41) is 11.6. The molecule has 3 N–H and O–H groups in total. The maximum Gasteiger partial charge on any atom is 0.173 e. The predicted octanol–water partition coefficient (Wildman–Crippen LogP) is 3.48. The van der Waals surface area contributed by atoms with Gasteiger partial charge in [-0.15, -0.1) is 0 Å². The van der Waals surface area contributed by atoms with Crippen LogP contribution in [0.25, 0.3) is 0 Å². The molecule has 0 spiro atoms. The summed E-state index contributed by atoms with van der Waals surface area (Å²) in [5.41, 5.74) is 5.91. The van der Waals surface area contributed by atoms with Crippen molar-refractivity contribution in [1.82, 2.24) is 0 Å². The molecular formula is C13H10BrFN2O2. The van der Waals surface area contributed by atoms with Gasteiger partial charge in [-0.1, -0.05) is 33.2 Å². The van der Waals surface area contributed by atoms with Crippen molar-refractivity contribution in [2.75, 3.05) is 0 Å². The second-order valence-electron chi connectivity index (χ2n) is 3.66. The topological polar surface area (TPSA) is 67.8 Å². The molecule has 0 aliphatic heterocycles. The number of para-hydroxylation sites is 1. The maximum absolute atomic E-state index is 13.7. The summed E-state index contributed by atoms with van der Waals surface area (Å²) in [6.45, 7) is 0. The van der Waals surface area contributed by atoms with E-state index >= 15 is 0 Å². The predicted molar refractivity (Wildman–Crippen MR) is 73.1 cm³/mol. The fourth-order valence-electron chi connectivity index (χ4n) is 1.50. The average Bonchev–Trinajstić information content (AvgIpc) is 2.41. The van der Waals surface area contributed by atoms with Crippen molar-refractivity contribution in [2.45, 2.75) is 0 Å². The van der Waals surface area contributed by atoms with Gasteiger partial charge < -0.3 is 15.7 Å². The smallest absolute Gasteiger partial charge is 0.173 e.